The number of carbonyl (C=O) groups is 2. The van der Waals surface area contributed by atoms with Crippen molar-refractivity contribution in [1.82, 2.24) is 16.0 Å². The van der Waals surface area contributed by atoms with Crippen LogP contribution in [0.4, 0.5) is 4.79 Å². The average molecular weight is 284 g/mol. The van der Waals surface area contributed by atoms with Gasteiger partial charge in [-0.1, -0.05) is 30.8 Å². The second-order valence-electron chi connectivity index (χ2n) is 5.11. The van der Waals surface area contributed by atoms with E-state index in [1.807, 2.05) is 18.2 Å². The molecule has 21 heavy (non-hydrogen) atoms. The van der Waals surface area contributed by atoms with Gasteiger partial charge in [0.1, 0.15) is 5.70 Å². The molecule has 1 heterocycles. The quantitative estimate of drug-likeness (QED) is 0.646. The van der Waals surface area contributed by atoms with Crippen LogP contribution < -0.4 is 21.7 Å². The Labute approximate surface area is 122 Å². The molecule has 0 spiro atoms. The van der Waals surface area contributed by atoms with E-state index in [-0.39, 0.29) is 23.1 Å². The van der Waals surface area contributed by atoms with Crippen LogP contribution in [0.1, 0.15) is 23.6 Å². The van der Waals surface area contributed by atoms with Gasteiger partial charge in [-0.3, -0.25) is 4.79 Å². The molecule has 108 valence electrons. The molecular weight excluding hydrogens is 268 g/mol. The first-order valence-electron chi connectivity index (χ1n) is 6.72. The van der Waals surface area contributed by atoms with Gasteiger partial charge in [-0.15, -0.1) is 0 Å². The van der Waals surface area contributed by atoms with E-state index in [1.165, 1.54) is 5.56 Å². The molecule has 6 nitrogen and oxygen atoms in total. The second kappa shape index (κ2) is 4.97. The number of hydrogen-bond acceptors (Lipinski definition) is 3. The maximum atomic E-state index is 12.3. The molecule has 5 N–H and O–H groups in total. The number of hydrogen-bond donors (Lipinski definition) is 4. The predicted molar refractivity (Wildman–Crippen MR) is 77.7 cm³/mol. The minimum absolute atomic E-state index is 0.0492. The Balaban J connectivity index is 1.80. The fraction of sp³-hybridized carbons (Fsp3) is 0.200. The van der Waals surface area contributed by atoms with Gasteiger partial charge in [-0.25, -0.2) is 4.79 Å². The zero-order valence-corrected chi connectivity index (χ0v) is 11.4. The smallest absolute Gasteiger partial charge is 0.323 e. The van der Waals surface area contributed by atoms with Crippen molar-refractivity contribution in [2.75, 3.05) is 0 Å². The first-order chi connectivity index (χ1) is 10.1. The van der Waals surface area contributed by atoms with Crippen molar-refractivity contribution in [3.05, 3.63) is 59.1 Å². The third-order valence-electron chi connectivity index (χ3n) is 3.76. The summed E-state index contributed by atoms with van der Waals surface area (Å²) in [4.78, 5) is 23.7. The Hall–Kier alpha value is -2.76. The molecule has 1 aromatic carbocycles. The number of nitrogens with one attached hydrogen (secondary N) is 3. The second-order valence-corrected chi connectivity index (χ2v) is 5.11. The topological polar surface area (TPSA) is 96.2 Å². The summed E-state index contributed by atoms with van der Waals surface area (Å²) in [5.74, 6) is -0.398. The van der Waals surface area contributed by atoms with Crippen LogP contribution in [0.2, 0.25) is 0 Å². The molecule has 0 bridgehead atoms. The Bertz CT molecular complexity index is 678. The van der Waals surface area contributed by atoms with Gasteiger partial charge in [0.2, 0.25) is 0 Å². The lowest BCUT2D eigenvalue weighted by Gasteiger charge is -2.22. The van der Waals surface area contributed by atoms with Gasteiger partial charge in [0.25, 0.3) is 5.91 Å². The van der Waals surface area contributed by atoms with E-state index in [4.69, 9.17) is 5.73 Å². The van der Waals surface area contributed by atoms with Crippen LogP contribution >= 0.6 is 0 Å². The lowest BCUT2D eigenvalue weighted by atomic mass is 10.1. The molecule has 0 unspecified atom stereocenters. The minimum Gasteiger partial charge on any atom is -0.395 e. The summed E-state index contributed by atoms with van der Waals surface area (Å²) in [7, 11) is 0. The number of urea groups is 1. The van der Waals surface area contributed by atoms with Gasteiger partial charge < -0.3 is 21.7 Å². The van der Waals surface area contributed by atoms with Crippen molar-refractivity contribution >= 4 is 11.9 Å². The molecule has 0 radical (unpaired) electrons. The van der Waals surface area contributed by atoms with E-state index in [1.54, 1.807) is 0 Å². The lowest BCUT2D eigenvalue weighted by Crippen LogP contribution is -2.47. The standard InChI is InChI=1S/C15H16N4O2/c1-8-12(16)13(19-15(21)17-8)14(20)18-11-7-6-9-4-2-3-5-10(9)11/h2-5,11H,1,6-7,16H2,(H,18,20)(H2,17,19,21)/t11-/m1/s1. The first-order valence-corrected chi connectivity index (χ1v) is 6.72. The maximum Gasteiger partial charge on any atom is 0.323 e. The Kier molecular flexibility index (Phi) is 3.13. The molecule has 3 rings (SSSR count). The van der Waals surface area contributed by atoms with Crippen LogP contribution in [-0.4, -0.2) is 11.9 Å². The van der Waals surface area contributed by atoms with Gasteiger partial charge in [0, 0.05) is 0 Å². The molecule has 1 aliphatic heterocycles. The highest BCUT2D eigenvalue weighted by atomic mass is 16.2. The lowest BCUT2D eigenvalue weighted by molar-refractivity contribution is -0.118. The Morgan fingerprint density at radius 2 is 2.10 bits per heavy atom. The number of fused-ring (bicyclic) bond motifs is 1. The predicted octanol–water partition coefficient (Wildman–Crippen LogP) is 0.787. The summed E-state index contributed by atoms with van der Waals surface area (Å²) in [5, 5.41) is 7.76. The SMILES string of the molecule is C=C1NC(=O)NC(C(=O)N[C@@H]2CCc3ccccc32)=C1N. The van der Waals surface area contributed by atoms with Crippen LogP contribution in [0.25, 0.3) is 0 Å². The average Bonchev–Trinajstić information content (AvgIpc) is 2.86. The molecule has 3 amide bonds. The van der Waals surface area contributed by atoms with Crippen LogP contribution in [0.3, 0.4) is 0 Å². The molecule has 0 saturated heterocycles. The molecule has 0 saturated carbocycles. The van der Waals surface area contributed by atoms with Crippen molar-refractivity contribution in [1.29, 1.82) is 0 Å². The van der Waals surface area contributed by atoms with E-state index in [2.05, 4.69) is 28.6 Å². The van der Waals surface area contributed by atoms with Crippen LogP contribution in [0, 0.1) is 0 Å². The van der Waals surface area contributed by atoms with Crippen molar-refractivity contribution in [3.8, 4) is 0 Å². The third-order valence-corrected chi connectivity index (χ3v) is 3.76. The summed E-state index contributed by atoms with van der Waals surface area (Å²) in [5.41, 5.74) is 8.58. The highest BCUT2D eigenvalue weighted by Gasteiger charge is 2.28. The molecule has 1 atom stereocenters. The summed E-state index contributed by atoms with van der Waals surface area (Å²) in [6.07, 6.45) is 1.77. The number of carbonyl (C=O) groups excluding carboxylic acids is 2. The minimum atomic E-state index is -0.508. The zero-order valence-electron chi connectivity index (χ0n) is 11.4. The number of benzene rings is 1. The first kappa shape index (κ1) is 13.2. The molecule has 1 aliphatic carbocycles. The highest BCUT2D eigenvalue weighted by molar-refractivity contribution is 6.00. The third kappa shape index (κ3) is 2.35. The summed E-state index contributed by atoms with van der Waals surface area (Å²) in [6.45, 7) is 3.61. The molecule has 0 fully saturated rings. The Morgan fingerprint density at radius 1 is 1.33 bits per heavy atom. The zero-order chi connectivity index (χ0) is 15.0. The van der Waals surface area contributed by atoms with E-state index in [0.29, 0.717) is 0 Å². The summed E-state index contributed by atoms with van der Waals surface area (Å²) in [6, 6.07) is 7.43. The number of rotatable bonds is 2. The number of amides is 3. The maximum absolute atomic E-state index is 12.3. The van der Waals surface area contributed by atoms with Crippen LogP contribution in [0.15, 0.2) is 47.9 Å². The normalized spacial score (nSPS) is 20.7. The molecule has 2 aliphatic rings. The van der Waals surface area contributed by atoms with Crippen LogP contribution in [-0.2, 0) is 11.2 Å². The van der Waals surface area contributed by atoms with Gasteiger partial charge in [0.05, 0.1) is 17.4 Å². The largest absolute Gasteiger partial charge is 0.395 e. The number of nitrogens with two attached hydrogens (primary N) is 1. The molecule has 1 aromatic rings. The fourth-order valence-corrected chi connectivity index (χ4v) is 2.68. The fourth-order valence-electron chi connectivity index (χ4n) is 2.68. The van der Waals surface area contributed by atoms with E-state index in [0.717, 1.165) is 18.4 Å². The molecule has 6 heteroatoms. The van der Waals surface area contributed by atoms with Crippen molar-refractivity contribution in [3.63, 3.8) is 0 Å². The summed E-state index contributed by atoms with van der Waals surface area (Å²) < 4.78 is 0. The van der Waals surface area contributed by atoms with E-state index >= 15 is 0 Å². The Morgan fingerprint density at radius 3 is 2.90 bits per heavy atom. The molecular formula is C15H16N4O2. The van der Waals surface area contributed by atoms with Crippen LogP contribution in [0.5, 0.6) is 0 Å². The van der Waals surface area contributed by atoms with E-state index in [9.17, 15) is 9.59 Å². The van der Waals surface area contributed by atoms with Gasteiger partial charge >= 0.3 is 6.03 Å². The summed E-state index contributed by atoms with van der Waals surface area (Å²) >= 11 is 0. The van der Waals surface area contributed by atoms with E-state index < -0.39 is 11.9 Å². The number of aryl methyl sites for hydroxylation is 1. The van der Waals surface area contributed by atoms with Crippen molar-refractivity contribution < 1.29 is 9.59 Å². The van der Waals surface area contributed by atoms with Crippen molar-refractivity contribution in [2.45, 2.75) is 18.9 Å². The van der Waals surface area contributed by atoms with Gasteiger partial charge in [0.15, 0.2) is 0 Å². The van der Waals surface area contributed by atoms with Gasteiger partial charge in [-0.2, -0.15) is 0 Å². The highest BCUT2D eigenvalue weighted by Crippen LogP contribution is 2.30. The molecule has 0 aromatic heterocycles. The van der Waals surface area contributed by atoms with Gasteiger partial charge in [-0.05, 0) is 24.0 Å². The van der Waals surface area contributed by atoms with Crippen molar-refractivity contribution in [2.24, 2.45) is 5.73 Å². The monoisotopic (exact) mass is 284 g/mol.